The van der Waals surface area contributed by atoms with Crippen LogP contribution in [0.25, 0.3) is 0 Å². The summed E-state index contributed by atoms with van der Waals surface area (Å²) >= 11 is 2.25. The molecule has 108 valence electrons. The maximum Gasteiger partial charge on any atom is 0.259 e. The van der Waals surface area contributed by atoms with Gasteiger partial charge in [-0.25, -0.2) is 0 Å². The topological polar surface area (TPSA) is 46.3 Å². The smallest absolute Gasteiger partial charge is 0.259 e. The van der Waals surface area contributed by atoms with Gasteiger partial charge < -0.3 is 10.6 Å². The molecule has 1 aliphatic heterocycles. The number of amides is 1. The van der Waals surface area contributed by atoms with Crippen LogP contribution in [0.1, 0.15) is 27.9 Å². The Hall–Kier alpha value is -1.56. The molecule has 2 N–H and O–H groups in total. The lowest BCUT2D eigenvalue weighted by Gasteiger charge is -2.30. The predicted octanol–water partition coefficient (Wildman–Crippen LogP) is 3.77. The van der Waals surface area contributed by atoms with Gasteiger partial charge in [0.1, 0.15) is 0 Å². The molecule has 1 aliphatic rings. The molecule has 0 spiro atoms. The molecule has 21 heavy (non-hydrogen) atoms. The molecule has 0 aliphatic carbocycles. The standard InChI is InChI=1S/C17H17IN2O/c1-11-4-2-6-14(16(11)18)17(21)20-9-3-5-12-10-13(19)7-8-15(12)20/h2,4,6-8,10H,3,5,9,19H2,1H3. The first-order chi connectivity index (χ1) is 10.1. The first kappa shape index (κ1) is 14.4. The fourth-order valence-electron chi connectivity index (χ4n) is 2.79. The van der Waals surface area contributed by atoms with Crippen LogP contribution in [0.15, 0.2) is 36.4 Å². The Morgan fingerprint density at radius 3 is 2.90 bits per heavy atom. The summed E-state index contributed by atoms with van der Waals surface area (Å²) in [6.07, 6.45) is 1.96. The number of anilines is 2. The second-order valence-corrected chi connectivity index (χ2v) is 6.46. The summed E-state index contributed by atoms with van der Waals surface area (Å²) in [5, 5.41) is 0. The number of nitrogens with zero attached hydrogens (tertiary/aromatic N) is 1. The minimum Gasteiger partial charge on any atom is -0.399 e. The van der Waals surface area contributed by atoms with Gasteiger partial charge in [0.2, 0.25) is 0 Å². The van der Waals surface area contributed by atoms with Crippen molar-refractivity contribution in [2.45, 2.75) is 19.8 Å². The van der Waals surface area contributed by atoms with Crippen molar-refractivity contribution in [3.63, 3.8) is 0 Å². The molecule has 0 saturated carbocycles. The van der Waals surface area contributed by atoms with E-state index in [-0.39, 0.29) is 5.91 Å². The Balaban J connectivity index is 2.02. The molecule has 0 aromatic heterocycles. The number of halogens is 1. The van der Waals surface area contributed by atoms with E-state index in [0.717, 1.165) is 51.0 Å². The quantitative estimate of drug-likeness (QED) is 0.593. The number of hydrogen-bond acceptors (Lipinski definition) is 2. The van der Waals surface area contributed by atoms with E-state index in [2.05, 4.69) is 22.6 Å². The number of nitrogens with two attached hydrogens (primary N) is 1. The highest BCUT2D eigenvalue weighted by Crippen LogP contribution is 2.31. The van der Waals surface area contributed by atoms with Gasteiger partial charge in [0.05, 0.1) is 5.56 Å². The number of carbonyl (C=O) groups is 1. The van der Waals surface area contributed by atoms with E-state index >= 15 is 0 Å². The fraction of sp³-hybridized carbons (Fsp3) is 0.235. The maximum absolute atomic E-state index is 12.9. The minimum atomic E-state index is 0.0776. The van der Waals surface area contributed by atoms with E-state index in [1.807, 2.05) is 48.2 Å². The molecule has 3 nitrogen and oxygen atoms in total. The summed E-state index contributed by atoms with van der Waals surface area (Å²) in [6.45, 7) is 2.79. The number of aryl methyl sites for hydroxylation is 2. The molecule has 2 aromatic rings. The zero-order valence-corrected chi connectivity index (χ0v) is 14.1. The normalized spacial score (nSPS) is 13.9. The van der Waals surface area contributed by atoms with Crippen LogP contribution in [0.4, 0.5) is 11.4 Å². The third-order valence-corrected chi connectivity index (χ3v) is 5.32. The highest BCUT2D eigenvalue weighted by molar-refractivity contribution is 14.1. The van der Waals surface area contributed by atoms with E-state index in [9.17, 15) is 4.79 Å². The number of hydrogen-bond donors (Lipinski definition) is 1. The van der Waals surface area contributed by atoms with Crippen LogP contribution in [0.3, 0.4) is 0 Å². The Morgan fingerprint density at radius 1 is 1.29 bits per heavy atom. The molecule has 4 heteroatoms. The summed E-state index contributed by atoms with van der Waals surface area (Å²) in [5.74, 6) is 0.0776. The lowest BCUT2D eigenvalue weighted by atomic mass is 10.00. The lowest BCUT2D eigenvalue weighted by molar-refractivity contribution is 0.0984. The highest BCUT2D eigenvalue weighted by Gasteiger charge is 2.25. The van der Waals surface area contributed by atoms with Crippen LogP contribution in [0.5, 0.6) is 0 Å². The molecule has 0 saturated heterocycles. The van der Waals surface area contributed by atoms with E-state index < -0.39 is 0 Å². The van der Waals surface area contributed by atoms with Gasteiger partial charge in [-0.15, -0.1) is 0 Å². The van der Waals surface area contributed by atoms with Crippen molar-refractivity contribution < 1.29 is 4.79 Å². The van der Waals surface area contributed by atoms with Gasteiger partial charge in [-0.3, -0.25) is 4.79 Å². The molecular weight excluding hydrogens is 375 g/mol. The second-order valence-electron chi connectivity index (χ2n) is 5.38. The van der Waals surface area contributed by atoms with Crippen LogP contribution >= 0.6 is 22.6 Å². The second kappa shape index (κ2) is 5.67. The van der Waals surface area contributed by atoms with Gasteiger partial charge in [0, 0.05) is 21.5 Å². The first-order valence-electron chi connectivity index (χ1n) is 7.03. The molecular formula is C17H17IN2O. The van der Waals surface area contributed by atoms with E-state index in [0.29, 0.717) is 0 Å². The summed E-state index contributed by atoms with van der Waals surface area (Å²) in [5.41, 5.74) is 10.7. The molecule has 1 heterocycles. The number of fused-ring (bicyclic) bond motifs is 1. The Kier molecular flexibility index (Phi) is 3.89. The van der Waals surface area contributed by atoms with Gasteiger partial charge >= 0.3 is 0 Å². The average molecular weight is 392 g/mol. The van der Waals surface area contributed by atoms with Crippen molar-refractivity contribution in [3.8, 4) is 0 Å². The van der Waals surface area contributed by atoms with Crippen molar-refractivity contribution >= 4 is 39.9 Å². The number of carbonyl (C=O) groups excluding carboxylic acids is 1. The monoisotopic (exact) mass is 392 g/mol. The molecule has 0 fully saturated rings. The number of benzene rings is 2. The summed E-state index contributed by atoms with van der Waals surface area (Å²) in [7, 11) is 0. The Labute approximate surface area is 138 Å². The first-order valence-corrected chi connectivity index (χ1v) is 8.11. The predicted molar refractivity (Wildman–Crippen MR) is 94.7 cm³/mol. The Bertz CT molecular complexity index is 712. The number of nitrogen functional groups attached to an aromatic ring is 1. The molecule has 0 unspecified atom stereocenters. The highest BCUT2D eigenvalue weighted by atomic mass is 127. The summed E-state index contributed by atoms with van der Waals surface area (Å²) in [4.78, 5) is 14.8. The molecule has 0 bridgehead atoms. The van der Waals surface area contributed by atoms with Crippen LogP contribution in [0, 0.1) is 10.5 Å². The fourth-order valence-corrected chi connectivity index (χ4v) is 3.38. The van der Waals surface area contributed by atoms with Crippen molar-refractivity contribution in [1.29, 1.82) is 0 Å². The SMILES string of the molecule is Cc1cccc(C(=O)N2CCCc3cc(N)ccc32)c1I. The van der Waals surface area contributed by atoms with Crippen molar-refractivity contribution in [2.24, 2.45) is 0 Å². The third kappa shape index (κ3) is 2.64. The zero-order chi connectivity index (χ0) is 15.0. The Morgan fingerprint density at radius 2 is 2.10 bits per heavy atom. The molecule has 1 amide bonds. The van der Waals surface area contributed by atoms with Gasteiger partial charge in [-0.1, -0.05) is 12.1 Å². The molecule has 0 radical (unpaired) electrons. The van der Waals surface area contributed by atoms with Crippen molar-refractivity contribution in [1.82, 2.24) is 0 Å². The van der Waals surface area contributed by atoms with Gasteiger partial charge in [0.25, 0.3) is 5.91 Å². The zero-order valence-electron chi connectivity index (χ0n) is 11.9. The largest absolute Gasteiger partial charge is 0.399 e. The summed E-state index contributed by atoms with van der Waals surface area (Å²) in [6, 6.07) is 11.7. The van der Waals surface area contributed by atoms with Crippen LogP contribution < -0.4 is 10.6 Å². The number of rotatable bonds is 1. The van der Waals surface area contributed by atoms with E-state index in [1.54, 1.807) is 0 Å². The molecule has 0 atom stereocenters. The lowest BCUT2D eigenvalue weighted by Crippen LogP contribution is -2.36. The van der Waals surface area contributed by atoms with Crippen molar-refractivity contribution in [2.75, 3.05) is 17.2 Å². The van der Waals surface area contributed by atoms with Crippen LogP contribution in [-0.4, -0.2) is 12.5 Å². The average Bonchev–Trinajstić information content (AvgIpc) is 2.48. The van der Waals surface area contributed by atoms with Gasteiger partial charge in [-0.05, 0) is 77.7 Å². The minimum absolute atomic E-state index is 0.0776. The van der Waals surface area contributed by atoms with E-state index in [1.165, 1.54) is 0 Å². The van der Waals surface area contributed by atoms with Gasteiger partial charge in [-0.2, -0.15) is 0 Å². The maximum atomic E-state index is 12.9. The van der Waals surface area contributed by atoms with Gasteiger partial charge in [0.15, 0.2) is 0 Å². The molecule has 3 rings (SSSR count). The third-order valence-electron chi connectivity index (χ3n) is 3.89. The molecule has 2 aromatic carbocycles. The van der Waals surface area contributed by atoms with Crippen LogP contribution in [0.2, 0.25) is 0 Å². The van der Waals surface area contributed by atoms with Crippen molar-refractivity contribution in [3.05, 3.63) is 56.7 Å². The van der Waals surface area contributed by atoms with E-state index in [4.69, 9.17) is 5.73 Å². The summed E-state index contributed by atoms with van der Waals surface area (Å²) < 4.78 is 1.03. The van der Waals surface area contributed by atoms with Crippen LogP contribution in [-0.2, 0) is 6.42 Å².